The molecule has 84 valence electrons. The first-order valence-electron chi connectivity index (χ1n) is 5.37. The monoisotopic (exact) mass is 201 g/mol. The van der Waals surface area contributed by atoms with Crippen LogP contribution in [0.3, 0.4) is 0 Å². The lowest BCUT2D eigenvalue weighted by Gasteiger charge is -2.09. The first kappa shape index (κ1) is 13.2. The highest BCUT2D eigenvalue weighted by atomic mass is 16.5. The molecule has 14 heavy (non-hydrogen) atoms. The van der Waals surface area contributed by atoms with Gasteiger partial charge in [0.05, 0.1) is 0 Å². The fourth-order valence-electron chi connectivity index (χ4n) is 1.07. The van der Waals surface area contributed by atoms with Gasteiger partial charge in [0, 0.05) is 33.4 Å². The Morgan fingerprint density at radius 2 is 2.00 bits per heavy atom. The number of guanidine groups is 1. The molecule has 0 amide bonds. The number of rotatable bonds is 7. The molecule has 0 fully saturated rings. The van der Waals surface area contributed by atoms with E-state index in [4.69, 9.17) is 4.74 Å². The zero-order valence-corrected chi connectivity index (χ0v) is 9.60. The van der Waals surface area contributed by atoms with Crippen molar-refractivity contribution in [2.24, 2.45) is 4.99 Å². The van der Waals surface area contributed by atoms with Crippen LogP contribution in [0.15, 0.2) is 4.99 Å². The maximum atomic E-state index is 5.24. The van der Waals surface area contributed by atoms with E-state index in [1.54, 1.807) is 7.05 Å². The smallest absolute Gasteiger partial charge is 0.190 e. The Labute approximate surface area is 87.1 Å². The van der Waals surface area contributed by atoms with Gasteiger partial charge >= 0.3 is 0 Å². The normalized spacial score (nSPS) is 11.5. The van der Waals surface area contributed by atoms with Gasteiger partial charge < -0.3 is 15.4 Å². The van der Waals surface area contributed by atoms with E-state index in [9.17, 15) is 0 Å². The van der Waals surface area contributed by atoms with Gasteiger partial charge in [-0.05, 0) is 26.7 Å². The molecular weight excluding hydrogens is 178 g/mol. The average Bonchev–Trinajstić information content (AvgIpc) is 2.21. The first-order valence-corrected chi connectivity index (χ1v) is 5.37. The number of unbranched alkanes of at least 4 members (excludes halogenated alkanes) is 1. The van der Waals surface area contributed by atoms with Gasteiger partial charge in [-0.15, -0.1) is 0 Å². The van der Waals surface area contributed by atoms with Crippen molar-refractivity contribution in [2.45, 2.75) is 26.7 Å². The van der Waals surface area contributed by atoms with Gasteiger partial charge in [-0.2, -0.15) is 0 Å². The highest BCUT2D eigenvalue weighted by molar-refractivity contribution is 5.79. The van der Waals surface area contributed by atoms with Crippen LogP contribution in [0.25, 0.3) is 0 Å². The summed E-state index contributed by atoms with van der Waals surface area (Å²) < 4.78 is 5.24. The van der Waals surface area contributed by atoms with Gasteiger partial charge in [0.15, 0.2) is 5.96 Å². The molecule has 0 aliphatic carbocycles. The summed E-state index contributed by atoms with van der Waals surface area (Å²) >= 11 is 0. The molecule has 0 heterocycles. The third kappa shape index (κ3) is 7.86. The molecule has 4 heteroatoms. The molecule has 0 radical (unpaired) electrons. The van der Waals surface area contributed by atoms with Crippen molar-refractivity contribution >= 4 is 5.96 Å². The molecule has 0 spiro atoms. The third-order valence-electron chi connectivity index (χ3n) is 1.78. The summed E-state index contributed by atoms with van der Waals surface area (Å²) in [6, 6.07) is 0. The molecular formula is C10H23N3O. The van der Waals surface area contributed by atoms with Gasteiger partial charge in [-0.3, -0.25) is 4.99 Å². The van der Waals surface area contributed by atoms with E-state index in [2.05, 4.69) is 22.5 Å². The van der Waals surface area contributed by atoms with E-state index < -0.39 is 0 Å². The predicted molar refractivity (Wildman–Crippen MR) is 60.8 cm³/mol. The van der Waals surface area contributed by atoms with Crippen molar-refractivity contribution in [1.29, 1.82) is 0 Å². The van der Waals surface area contributed by atoms with Crippen molar-refractivity contribution in [3.8, 4) is 0 Å². The summed E-state index contributed by atoms with van der Waals surface area (Å²) in [6.07, 6.45) is 2.22. The molecule has 0 bridgehead atoms. The molecule has 0 aromatic carbocycles. The molecule has 0 saturated carbocycles. The number of ether oxygens (including phenoxy) is 1. The largest absolute Gasteiger partial charge is 0.382 e. The maximum absolute atomic E-state index is 5.24. The van der Waals surface area contributed by atoms with E-state index in [-0.39, 0.29) is 0 Å². The molecule has 0 aromatic heterocycles. The third-order valence-corrected chi connectivity index (χ3v) is 1.78. The van der Waals surface area contributed by atoms with Crippen LogP contribution in [0.1, 0.15) is 26.7 Å². The Balaban J connectivity index is 3.25. The first-order chi connectivity index (χ1) is 6.85. The summed E-state index contributed by atoms with van der Waals surface area (Å²) in [4.78, 5) is 4.07. The zero-order chi connectivity index (χ0) is 10.6. The number of hydrogen-bond acceptors (Lipinski definition) is 2. The van der Waals surface area contributed by atoms with Crippen LogP contribution in [0.5, 0.6) is 0 Å². The molecule has 0 unspecified atom stereocenters. The van der Waals surface area contributed by atoms with E-state index >= 15 is 0 Å². The van der Waals surface area contributed by atoms with Crippen molar-refractivity contribution < 1.29 is 4.74 Å². The number of aliphatic imine (C=N–C) groups is 1. The number of nitrogens with zero attached hydrogens (tertiary/aromatic N) is 1. The topological polar surface area (TPSA) is 45.7 Å². The lowest BCUT2D eigenvalue weighted by Crippen LogP contribution is -2.37. The van der Waals surface area contributed by atoms with Crippen LogP contribution in [-0.2, 0) is 4.74 Å². The van der Waals surface area contributed by atoms with Gasteiger partial charge in [-0.1, -0.05) is 0 Å². The Morgan fingerprint density at radius 3 is 2.57 bits per heavy atom. The van der Waals surface area contributed by atoms with Crippen molar-refractivity contribution in [3.05, 3.63) is 0 Å². The Kier molecular flexibility index (Phi) is 9.74. The molecule has 0 aliphatic rings. The van der Waals surface area contributed by atoms with E-state index in [0.29, 0.717) is 0 Å². The average molecular weight is 201 g/mol. The SMILES string of the molecule is CCNC(=NC)NCCCCOCC. The van der Waals surface area contributed by atoms with Gasteiger partial charge in [-0.25, -0.2) is 0 Å². The zero-order valence-electron chi connectivity index (χ0n) is 9.60. The summed E-state index contributed by atoms with van der Waals surface area (Å²) in [6.45, 7) is 7.60. The second-order valence-corrected chi connectivity index (χ2v) is 2.93. The molecule has 0 saturated heterocycles. The highest BCUT2D eigenvalue weighted by Crippen LogP contribution is 1.87. The predicted octanol–water partition coefficient (Wildman–Crippen LogP) is 0.988. The van der Waals surface area contributed by atoms with E-state index in [1.807, 2.05) is 6.92 Å². The standard InChI is InChI=1S/C10H23N3O/c1-4-12-10(11-3)13-8-6-7-9-14-5-2/h4-9H2,1-3H3,(H2,11,12,13). The Morgan fingerprint density at radius 1 is 1.21 bits per heavy atom. The van der Waals surface area contributed by atoms with Gasteiger partial charge in [0.1, 0.15) is 0 Å². The van der Waals surface area contributed by atoms with Gasteiger partial charge in [0.25, 0.3) is 0 Å². The molecule has 0 atom stereocenters. The number of hydrogen-bond donors (Lipinski definition) is 2. The minimum Gasteiger partial charge on any atom is -0.382 e. The lowest BCUT2D eigenvalue weighted by molar-refractivity contribution is 0.143. The highest BCUT2D eigenvalue weighted by Gasteiger charge is 1.93. The van der Waals surface area contributed by atoms with Crippen LogP contribution >= 0.6 is 0 Å². The molecule has 0 aromatic rings. The van der Waals surface area contributed by atoms with E-state index in [0.717, 1.165) is 45.1 Å². The Bertz CT molecular complexity index is 148. The Hall–Kier alpha value is -0.770. The van der Waals surface area contributed by atoms with Gasteiger partial charge in [0.2, 0.25) is 0 Å². The van der Waals surface area contributed by atoms with Crippen LogP contribution < -0.4 is 10.6 Å². The fourth-order valence-corrected chi connectivity index (χ4v) is 1.07. The summed E-state index contributed by atoms with van der Waals surface area (Å²) in [5.74, 6) is 0.879. The van der Waals surface area contributed by atoms with Crippen LogP contribution in [-0.4, -0.2) is 39.3 Å². The molecule has 0 rings (SSSR count). The summed E-state index contributed by atoms with van der Waals surface area (Å²) in [7, 11) is 1.78. The lowest BCUT2D eigenvalue weighted by atomic mass is 10.3. The fraction of sp³-hybridized carbons (Fsp3) is 0.900. The van der Waals surface area contributed by atoms with Crippen LogP contribution in [0, 0.1) is 0 Å². The second-order valence-electron chi connectivity index (χ2n) is 2.93. The van der Waals surface area contributed by atoms with E-state index in [1.165, 1.54) is 0 Å². The van der Waals surface area contributed by atoms with Crippen molar-refractivity contribution in [3.63, 3.8) is 0 Å². The second kappa shape index (κ2) is 10.3. The molecule has 0 aliphatic heterocycles. The summed E-state index contributed by atoms with van der Waals surface area (Å²) in [5.41, 5.74) is 0. The van der Waals surface area contributed by atoms with Crippen molar-refractivity contribution in [1.82, 2.24) is 10.6 Å². The molecule has 4 nitrogen and oxygen atoms in total. The molecule has 2 N–H and O–H groups in total. The van der Waals surface area contributed by atoms with Crippen LogP contribution in [0.4, 0.5) is 0 Å². The minimum atomic E-state index is 0.812. The summed E-state index contributed by atoms with van der Waals surface area (Å²) in [5, 5.41) is 6.37. The van der Waals surface area contributed by atoms with Crippen molar-refractivity contribution in [2.75, 3.05) is 33.4 Å². The quantitative estimate of drug-likeness (QED) is 0.367. The maximum Gasteiger partial charge on any atom is 0.190 e. The van der Waals surface area contributed by atoms with Crippen LogP contribution in [0.2, 0.25) is 0 Å². The minimum absolute atomic E-state index is 0.812. The number of nitrogens with one attached hydrogen (secondary N) is 2.